The van der Waals surface area contributed by atoms with E-state index in [4.69, 9.17) is 5.73 Å². The predicted octanol–water partition coefficient (Wildman–Crippen LogP) is 1.70. The summed E-state index contributed by atoms with van der Waals surface area (Å²) in [5, 5.41) is 19.1. The highest BCUT2D eigenvalue weighted by molar-refractivity contribution is 5.97. The Morgan fingerprint density at radius 1 is 1.10 bits per heavy atom. The van der Waals surface area contributed by atoms with E-state index in [0.29, 0.717) is 19.6 Å². The summed E-state index contributed by atoms with van der Waals surface area (Å²) in [7, 11) is 0. The Labute approximate surface area is 123 Å². The van der Waals surface area contributed by atoms with Gasteiger partial charge in [0.25, 0.3) is 5.91 Å². The van der Waals surface area contributed by atoms with Crippen LogP contribution in [-0.4, -0.2) is 34.1 Å². The molecule has 0 spiro atoms. The van der Waals surface area contributed by atoms with Gasteiger partial charge in [0, 0.05) is 25.7 Å². The first-order chi connectivity index (χ1) is 10.1. The van der Waals surface area contributed by atoms with Crippen LogP contribution in [0.4, 0.5) is 0 Å². The number of hydrogen-bond donors (Lipinski definition) is 3. The molecule has 0 bridgehead atoms. The van der Waals surface area contributed by atoms with Gasteiger partial charge in [-0.3, -0.25) is 4.79 Å². The third-order valence-electron chi connectivity index (χ3n) is 3.11. The molecule has 0 fully saturated rings. The molecule has 0 radical (unpaired) electrons. The van der Waals surface area contributed by atoms with Crippen molar-refractivity contribution in [2.24, 2.45) is 5.73 Å². The van der Waals surface area contributed by atoms with E-state index in [1.54, 1.807) is 4.90 Å². The largest absolute Gasteiger partial charge is 0.508 e. The number of rotatable bonds is 5. The highest BCUT2D eigenvalue weighted by Gasteiger charge is 2.19. The van der Waals surface area contributed by atoms with Crippen LogP contribution in [0.1, 0.15) is 15.9 Å². The molecule has 0 heterocycles. The highest BCUT2D eigenvalue weighted by Crippen LogP contribution is 2.24. The Bertz CT molecular complexity index is 614. The van der Waals surface area contributed by atoms with Gasteiger partial charge >= 0.3 is 0 Å². The molecule has 0 saturated carbocycles. The summed E-state index contributed by atoms with van der Waals surface area (Å²) in [5.41, 5.74) is 6.70. The van der Waals surface area contributed by atoms with E-state index in [2.05, 4.69) is 0 Å². The van der Waals surface area contributed by atoms with E-state index in [1.807, 2.05) is 30.3 Å². The molecule has 110 valence electrons. The van der Waals surface area contributed by atoms with Gasteiger partial charge in [0.05, 0.1) is 5.56 Å². The van der Waals surface area contributed by atoms with Gasteiger partial charge in [0.15, 0.2) is 0 Å². The van der Waals surface area contributed by atoms with E-state index in [0.717, 1.165) is 11.6 Å². The van der Waals surface area contributed by atoms with E-state index >= 15 is 0 Å². The second-order valence-corrected chi connectivity index (χ2v) is 4.70. The van der Waals surface area contributed by atoms with Crippen molar-refractivity contribution in [2.75, 3.05) is 13.1 Å². The molecule has 5 nitrogen and oxygen atoms in total. The second-order valence-electron chi connectivity index (χ2n) is 4.70. The molecule has 1 amide bonds. The molecule has 21 heavy (non-hydrogen) atoms. The number of carbonyl (C=O) groups excluding carboxylic acids is 1. The molecule has 0 aromatic heterocycles. The Kier molecular flexibility index (Phi) is 4.79. The first-order valence-electron chi connectivity index (χ1n) is 6.67. The minimum atomic E-state index is -0.318. The fraction of sp³-hybridized carbons (Fsp3) is 0.188. The molecule has 0 saturated heterocycles. The minimum absolute atomic E-state index is 0.0857. The van der Waals surface area contributed by atoms with Crippen molar-refractivity contribution < 1.29 is 15.0 Å². The minimum Gasteiger partial charge on any atom is -0.508 e. The number of hydrogen-bond acceptors (Lipinski definition) is 4. The number of amides is 1. The molecule has 0 unspecified atom stereocenters. The van der Waals surface area contributed by atoms with Gasteiger partial charge in [-0.2, -0.15) is 0 Å². The van der Waals surface area contributed by atoms with Crippen LogP contribution in [0.3, 0.4) is 0 Å². The summed E-state index contributed by atoms with van der Waals surface area (Å²) in [6.45, 7) is 1.13. The lowest BCUT2D eigenvalue weighted by Gasteiger charge is -2.22. The van der Waals surface area contributed by atoms with E-state index < -0.39 is 0 Å². The molecule has 0 atom stereocenters. The average Bonchev–Trinajstić information content (AvgIpc) is 2.47. The number of phenolic OH excluding ortho intramolecular Hbond substituents is 2. The third-order valence-corrected chi connectivity index (χ3v) is 3.11. The molecule has 0 aliphatic rings. The molecular formula is C16H18N2O3. The summed E-state index contributed by atoms with van der Waals surface area (Å²) in [5.74, 6) is -0.644. The molecule has 2 aromatic rings. The van der Waals surface area contributed by atoms with Gasteiger partial charge in [0.2, 0.25) is 0 Å². The third kappa shape index (κ3) is 3.73. The standard InChI is InChI=1S/C16H18N2O3/c17-8-9-18(11-12-4-2-1-3-5-12)16(21)14-7-6-13(19)10-15(14)20/h1-7,10,19-20H,8-9,11,17H2. The zero-order chi connectivity index (χ0) is 15.2. The lowest BCUT2D eigenvalue weighted by Crippen LogP contribution is -2.34. The van der Waals surface area contributed by atoms with E-state index in [9.17, 15) is 15.0 Å². The van der Waals surface area contributed by atoms with Crippen LogP contribution in [0.15, 0.2) is 48.5 Å². The average molecular weight is 286 g/mol. The summed E-state index contributed by atoms with van der Waals surface area (Å²) in [4.78, 5) is 14.1. The molecule has 2 aromatic carbocycles. The van der Waals surface area contributed by atoms with E-state index in [-0.39, 0.29) is 23.0 Å². The number of aromatic hydroxyl groups is 2. The van der Waals surface area contributed by atoms with Crippen LogP contribution in [0, 0.1) is 0 Å². The Hall–Kier alpha value is -2.53. The van der Waals surface area contributed by atoms with Crippen molar-refractivity contribution in [1.29, 1.82) is 0 Å². The fourth-order valence-electron chi connectivity index (χ4n) is 2.08. The van der Waals surface area contributed by atoms with Gasteiger partial charge < -0.3 is 20.8 Å². The van der Waals surface area contributed by atoms with Crippen molar-refractivity contribution in [1.82, 2.24) is 4.90 Å². The van der Waals surface area contributed by atoms with E-state index in [1.165, 1.54) is 12.1 Å². The van der Waals surface area contributed by atoms with Crippen LogP contribution >= 0.6 is 0 Å². The number of carbonyl (C=O) groups is 1. The van der Waals surface area contributed by atoms with Crippen molar-refractivity contribution in [2.45, 2.75) is 6.54 Å². The molecule has 2 rings (SSSR count). The summed E-state index contributed by atoms with van der Waals surface area (Å²) in [6, 6.07) is 13.5. The SMILES string of the molecule is NCCN(Cc1ccccc1)C(=O)c1ccc(O)cc1O. The second kappa shape index (κ2) is 6.76. The lowest BCUT2D eigenvalue weighted by atomic mass is 10.1. The van der Waals surface area contributed by atoms with Gasteiger partial charge in [-0.25, -0.2) is 0 Å². The molecular weight excluding hydrogens is 268 g/mol. The van der Waals surface area contributed by atoms with Crippen molar-refractivity contribution in [3.05, 3.63) is 59.7 Å². The van der Waals surface area contributed by atoms with Crippen LogP contribution in [0.25, 0.3) is 0 Å². The first kappa shape index (κ1) is 14.9. The van der Waals surface area contributed by atoms with Crippen LogP contribution < -0.4 is 5.73 Å². The Morgan fingerprint density at radius 2 is 1.81 bits per heavy atom. The summed E-state index contributed by atoms with van der Waals surface area (Å²) < 4.78 is 0. The summed E-state index contributed by atoms with van der Waals surface area (Å²) in [6.07, 6.45) is 0. The predicted molar refractivity (Wildman–Crippen MR) is 80.0 cm³/mol. The van der Waals surface area contributed by atoms with Crippen LogP contribution in [-0.2, 0) is 6.54 Å². The van der Waals surface area contributed by atoms with Crippen LogP contribution in [0.5, 0.6) is 11.5 Å². The monoisotopic (exact) mass is 286 g/mol. The number of benzene rings is 2. The normalized spacial score (nSPS) is 10.3. The number of phenols is 2. The highest BCUT2D eigenvalue weighted by atomic mass is 16.3. The molecule has 5 heteroatoms. The zero-order valence-corrected chi connectivity index (χ0v) is 11.6. The molecule has 4 N–H and O–H groups in total. The van der Waals surface area contributed by atoms with Gasteiger partial charge in [-0.05, 0) is 17.7 Å². The van der Waals surface area contributed by atoms with Crippen LogP contribution in [0.2, 0.25) is 0 Å². The first-order valence-corrected chi connectivity index (χ1v) is 6.67. The molecule has 0 aliphatic carbocycles. The number of nitrogens with two attached hydrogens (primary N) is 1. The Morgan fingerprint density at radius 3 is 2.43 bits per heavy atom. The smallest absolute Gasteiger partial charge is 0.257 e. The lowest BCUT2D eigenvalue weighted by molar-refractivity contribution is 0.0745. The van der Waals surface area contributed by atoms with Crippen molar-refractivity contribution in [3.8, 4) is 11.5 Å². The quantitative estimate of drug-likeness (QED) is 0.780. The fourth-order valence-corrected chi connectivity index (χ4v) is 2.08. The number of nitrogens with zero attached hydrogens (tertiary/aromatic N) is 1. The maximum Gasteiger partial charge on any atom is 0.257 e. The summed E-state index contributed by atoms with van der Waals surface area (Å²) >= 11 is 0. The van der Waals surface area contributed by atoms with Gasteiger partial charge in [0.1, 0.15) is 11.5 Å². The van der Waals surface area contributed by atoms with Gasteiger partial charge in [-0.15, -0.1) is 0 Å². The zero-order valence-electron chi connectivity index (χ0n) is 11.6. The van der Waals surface area contributed by atoms with Crippen molar-refractivity contribution in [3.63, 3.8) is 0 Å². The van der Waals surface area contributed by atoms with Crippen molar-refractivity contribution >= 4 is 5.91 Å². The van der Waals surface area contributed by atoms with Gasteiger partial charge in [-0.1, -0.05) is 30.3 Å². The maximum absolute atomic E-state index is 12.5. The Balaban J connectivity index is 2.23. The molecule has 0 aliphatic heterocycles. The maximum atomic E-state index is 12.5. The topological polar surface area (TPSA) is 86.8 Å².